The molecule has 1 saturated heterocycles. The number of hydrogen-bond acceptors (Lipinski definition) is 3. The molecule has 2 amide bonds. The quantitative estimate of drug-likeness (QED) is 0.837. The topological polar surface area (TPSA) is 48.5 Å². The Balaban J connectivity index is 1.37. The van der Waals surface area contributed by atoms with Gasteiger partial charge in [0.05, 0.1) is 5.52 Å². The van der Waals surface area contributed by atoms with Gasteiger partial charge in [-0.2, -0.15) is 0 Å². The van der Waals surface area contributed by atoms with Gasteiger partial charge in [-0.05, 0) is 55.9 Å². The van der Waals surface area contributed by atoms with E-state index in [2.05, 4.69) is 28.2 Å². The van der Waals surface area contributed by atoms with Crippen LogP contribution in [-0.2, 0) is 0 Å². The number of piperazine rings is 1. The highest BCUT2D eigenvalue weighted by atomic mass is 35.5. The number of urea groups is 1. The first kappa shape index (κ1) is 18.4. The SMILES string of the molecule is CC1CCC(NC(=O)N2CCN(c3ccnc4cc(Cl)ccc34)CC2)CC1. The normalized spacial score (nSPS) is 23.5. The van der Waals surface area contributed by atoms with Crippen LogP contribution in [0.4, 0.5) is 10.5 Å². The lowest BCUT2D eigenvalue weighted by Crippen LogP contribution is -2.53. The summed E-state index contributed by atoms with van der Waals surface area (Å²) in [6.07, 6.45) is 6.49. The lowest BCUT2D eigenvalue weighted by Gasteiger charge is -2.37. The number of carbonyl (C=O) groups excluding carboxylic acids is 1. The van der Waals surface area contributed by atoms with Gasteiger partial charge in [0, 0.05) is 54.5 Å². The Morgan fingerprint density at radius 1 is 1.11 bits per heavy atom. The van der Waals surface area contributed by atoms with Crippen molar-refractivity contribution in [1.82, 2.24) is 15.2 Å². The maximum Gasteiger partial charge on any atom is 0.317 e. The first-order valence-corrected chi connectivity index (χ1v) is 10.3. The van der Waals surface area contributed by atoms with E-state index in [0.29, 0.717) is 11.1 Å². The molecule has 0 unspecified atom stereocenters. The first-order valence-electron chi connectivity index (χ1n) is 9.95. The van der Waals surface area contributed by atoms with Crippen LogP contribution in [0.25, 0.3) is 10.9 Å². The number of halogens is 1. The van der Waals surface area contributed by atoms with Gasteiger partial charge in [0.15, 0.2) is 0 Å². The number of nitrogens with one attached hydrogen (secondary N) is 1. The summed E-state index contributed by atoms with van der Waals surface area (Å²) >= 11 is 6.09. The summed E-state index contributed by atoms with van der Waals surface area (Å²) in [5, 5.41) is 5.05. The predicted molar refractivity (Wildman–Crippen MR) is 110 cm³/mol. The summed E-state index contributed by atoms with van der Waals surface area (Å²) in [5.41, 5.74) is 2.07. The zero-order valence-corrected chi connectivity index (χ0v) is 16.6. The van der Waals surface area contributed by atoms with E-state index in [4.69, 9.17) is 11.6 Å². The van der Waals surface area contributed by atoms with Gasteiger partial charge in [0.1, 0.15) is 0 Å². The first-order chi connectivity index (χ1) is 13.1. The number of benzene rings is 1. The predicted octanol–water partition coefficient (Wildman–Crippen LogP) is 4.30. The minimum atomic E-state index is 0.0978. The molecular weight excluding hydrogens is 360 g/mol. The summed E-state index contributed by atoms with van der Waals surface area (Å²) in [5.74, 6) is 0.798. The molecule has 0 radical (unpaired) electrons. The van der Waals surface area contributed by atoms with Crippen molar-refractivity contribution >= 4 is 34.2 Å². The van der Waals surface area contributed by atoms with E-state index < -0.39 is 0 Å². The maximum absolute atomic E-state index is 12.6. The zero-order valence-electron chi connectivity index (χ0n) is 15.8. The number of rotatable bonds is 2. The molecule has 1 aliphatic heterocycles. The minimum Gasteiger partial charge on any atom is -0.367 e. The fourth-order valence-electron chi connectivity index (χ4n) is 4.20. The van der Waals surface area contributed by atoms with E-state index in [1.807, 2.05) is 29.3 Å². The van der Waals surface area contributed by atoms with Crippen LogP contribution in [0.1, 0.15) is 32.6 Å². The number of amides is 2. The molecule has 5 nitrogen and oxygen atoms in total. The highest BCUT2D eigenvalue weighted by Crippen LogP contribution is 2.28. The molecule has 4 rings (SSSR count). The van der Waals surface area contributed by atoms with Crippen molar-refractivity contribution in [3.8, 4) is 0 Å². The second kappa shape index (κ2) is 7.93. The van der Waals surface area contributed by atoms with E-state index >= 15 is 0 Å². The van der Waals surface area contributed by atoms with Crippen LogP contribution in [0, 0.1) is 5.92 Å². The monoisotopic (exact) mass is 386 g/mol. The molecule has 0 bridgehead atoms. The molecule has 2 aromatic rings. The van der Waals surface area contributed by atoms with Crippen molar-refractivity contribution in [1.29, 1.82) is 0 Å². The number of nitrogens with zero attached hydrogens (tertiary/aromatic N) is 3. The summed E-state index contributed by atoms with van der Waals surface area (Å²) < 4.78 is 0. The highest BCUT2D eigenvalue weighted by Gasteiger charge is 2.25. The minimum absolute atomic E-state index is 0.0978. The van der Waals surface area contributed by atoms with Crippen molar-refractivity contribution in [3.05, 3.63) is 35.5 Å². The van der Waals surface area contributed by atoms with Gasteiger partial charge in [0.25, 0.3) is 0 Å². The third kappa shape index (κ3) is 4.13. The van der Waals surface area contributed by atoms with Crippen LogP contribution < -0.4 is 10.2 Å². The largest absolute Gasteiger partial charge is 0.367 e. The van der Waals surface area contributed by atoms with Crippen LogP contribution in [0.5, 0.6) is 0 Å². The number of carbonyl (C=O) groups is 1. The van der Waals surface area contributed by atoms with Crippen molar-refractivity contribution in [2.75, 3.05) is 31.1 Å². The van der Waals surface area contributed by atoms with Crippen molar-refractivity contribution < 1.29 is 4.79 Å². The van der Waals surface area contributed by atoms with Crippen LogP contribution in [-0.4, -0.2) is 48.1 Å². The van der Waals surface area contributed by atoms with Crippen molar-refractivity contribution in [3.63, 3.8) is 0 Å². The van der Waals surface area contributed by atoms with E-state index in [1.54, 1.807) is 0 Å². The molecule has 2 fully saturated rings. The number of anilines is 1. The Morgan fingerprint density at radius 3 is 2.59 bits per heavy atom. The Kier molecular flexibility index (Phi) is 5.39. The van der Waals surface area contributed by atoms with E-state index in [9.17, 15) is 4.79 Å². The zero-order chi connectivity index (χ0) is 18.8. The Bertz CT molecular complexity index is 811. The lowest BCUT2D eigenvalue weighted by atomic mass is 9.87. The smallest absolute Gasteiger partial charge is 0.317 e. The number of pyridine rings is 1. The van der Waals surface area contributed by atoms with Gasteiger partial charge in [-0.25, -0.2) is 4.79 Å². The van der Waals surface area contributed by atoms with E-state index in [-0.39, 0.29) is 6.03 Å². The maximum atomic E-state index is 12.6. The molecule has 0 atom stereocenters. The van der Waals surface area contributed by atoms with Gasteiger partial charge in [-0.15, -0.1) is 0 Å². The molecule has 27 heavy (non-hydrogen) atoms. The lowest BCUT2D eigenvalue weighted by molar-refractivity contribution is 0.184. The third-order valence-corrected chi connectivity index (χ3v) is 6.17. The van der Waals surface area contributed by atoms with Crippen LogP contribution in [0.15, 0.2) is 30.5 Å². The number of hydrogen-bond donors (Lipinski definition) is 1. The molecule has 1 aliphatic carbocycles. The Labute approximate surface area is 165 Å². The number of fused-ring (bicyclic) bond motifs is 1. The summed E-state index contributed by atoms with van der Waals surface area (Å²) in [7, 11) is 0. The van der Waals surface area contributed by atoms with Gasteiger partial charge in [0.2, 0.25) is 0 Å². The standard InChI is InChI=1S/C21H27ClN4O/c1-15-2-5-17(6-3-15)24-21(27)26-12-10-25(11-13-26)20-8-9-23-19-14-16(22)4-7-18(19)20/h4,7-9,14-15,17H,2-3,5-6,10-13H2,1H3,(H,24,27). The second-order valence-electron chi connectivity index (χ2n) is 7.87. The molecule has 1 aromatic heterocycles. The molecular formula is C21H27ClN4O. The molecule has 6 heteroatoms. The highest BCUT2D eigenvalue weighted by molar-refractivity contribution is 6.31. The fourth-order valence-corrected chi connectivity index (χ4v) is 4.37. The molecule has 0 spiro atoms. The van der Waals surface area contributed by atoms with Crippen LogP contribution in [0.2, 0.25) is 5.02 Å². The van der Waals surface area contributed by atoms with Gasteiger partial charge in [-0.1, -0.05) is 18.5 Å². The second-order valence-corrected chi connectivity index (χ2v) is 8.31. The molecule has 2 aliphatic rings. The number of aromatic nitrogens is 1. The Morgan fingerprint density at radius 2 is 1.85 bits per heavy atom. The average molecular weight is 387 g/mol. The summed E-state index contributed by atoms with van der Waals surface area (Å²) in [4.78, 5) is 21.3. The summed E-state index contributed by atoms with van der Waals surface area (Å²) in [6, 6.07) is 8.33. The molecule has 2 heterocycles. The molecule has 1 aromatic carbocycles. The van der Waals surface area contributed by atoms with Crippen molar-refractivity contribution in [2.24, 2.45) is 5.92 Å². The van der Waals surface area contributed by atoms with Gasteiger partial charge < -0.3 is 15.1 Å². The fraction of sp³-hybridized carbons (Fsp3) is 0.524. The average Bonchev–Trinajstić information content (AvgIpc) is 2.69. The summed E-state index contributed by atoms with van der Waals surface area (Å²) in [6.45, 7) is 5.44. The molecule has 1 saturated carbocycles. The van der Waals surface area contributed by atoms with Crippen molar-refractivity contribution in [2.45, 2.75) is 38.6 Å². The van der Waals surface area contributed by atoms with E-state index in [0.717, 1.165) is 61.5 Å². The van der Waals surface area contributed by atoms with Gasteiger partial charge >= 0.3 is 6.03 Å². The van der Waals surface area contributed by atoms with E-state index in [1.165, 1.54) is 12.8 Å². The van der Waals surface area contributed by atoms with Crippen LogP contribution >= 0.6 is 11.6 Å². The molecule has 1 N–H and O–H groups in total. The third-order valence-electron chi connectivity index (χ3n) is 5.93. The molecule has 144 valence electrons. The Hall–Kier alpha value is -2.01. The van der Waals surface area contributed by atoms with Gasteiger partial charge in [-0.3, -0.25) is 4.98 Å². The van der Waals surface area contributed by atoms with Crippen LogP contribution in [0.3, 0.4) is 0 Å².